The van der Waals surface area contributed by atoms with Gasteiger partial charge in [0, 0.05) is 12.5 Å². The van der Waals surface area contributed by atoms with Crippen molar-refractivity contribution in [3.05, 3.63) is 22.4 Å². The average Bonchev–Trinajstić information content (AvgIpc) is 2.89. The fraction of sp³-hybridized carbons (Fsp3) is 0.571. The maximum atomic E-state index is 6.27. The molecule has 2 heterocycles. The molecular formula is C14H17ClN2OS. The van der Waals surface area contributed by atoms with E-state index in [1.807, 2.05) is 11.4 Å². The summed E-state index contributed by atoms with van der Waals surface area (Å²) in [6.07, 6.45) is 4.24. The summed E-state index contributed by atoms with van der Waals surface area (Å²) in [5.41, 5.74) is -0.353. The number of ether oxygens (including phenoxy) is 1. The molecule has 0 aliphatic heterocycles. The molecule has 0 N–H and O–H groups in total. The molecule has 1 saturated carbocycles. The van der Waals surface area contributed by atoms with Crippen molar-refractivity contribution in [2.45, 2.75) is 38.2 Å². The molecular weight excluding hydrogens is 280 g/mol. The number of hydrogen-bond acceptors (Lipinski definition) is 4. The maximum Gasteiger partial charge on any atom is 0.163 e. The average molecular weight is 297 g/mol. The van der Waals surface area contributed by atoms with E-state index in [0.29, 0.717) is 5.15 Å². The van der Waals surface area contributed by atoms with Crippen LogP contribution in [-0.4, -0.2) is 17.1 Å². The minimum atomic E-state index is -0.353. The number of rotatable bonds is 2. The third kappa shape index (κ3) is 2.26. The number of fused-ring (bicyclic) bond motifs is 1. The Morgan fingerprint density at radius 1 is 1.37 bits per heavy atom. The molecule has 102 valence electrons. The van der Waals surface area contributed by atoms with E-state index in [1.54, 1.807) is 18.4 Å². The summed E-state index contributed by atoms with van der Waals surface area (Å²) in [5, 5.41) is 3.47. The molecule has 19 heavy (non-hydrogen) atoms. The van der Waals surface area contributed by atoms with Gasteiger partial charge in [0.25, 0.3) is 0 Å². The molecule has 0 bridgehead atoms. The number of hydrogen-bond donors (Lipinski definition) is 0. The summed E-state index contributed by atoms with van der Waals surface area (Å²) in [6.45, 7) is 2.29. The first kappa shape index (κ1) is 13.3. The van der Waals surface area contributed by atoms with Gasteiger partial charge in [-0.05, 0) is 43.0 Å². The van der Waals surface area contributed by atoms with E-state index >= 15 is 0 Å². The van der Waals surface area contributed by atoms with Crippen LogP contribution in [0.1, 0.15) is 38.4 Å². The number of methoxy groups -OCH3 is 1. The first-order valence-electron chi connectivity index (χ1n) is 6.61. The van der Waals surface area contributed by atoms with Crippen LogP contribution in [0.15, 0.2) is 11.4 Å². The van der Waals surface area contributed by atoms with Crippen molar-refractivity contribution in [2.24, 2.45) is 5.92 Å². The summed E-state index contributed by atoms with van der Waals surface area (Å²) >= 11 is 7.87. The quantitative estimate of drug-likeness (QED) is 0.771. The standard InChI is InChI=1S/C14H17ClN2OS/c1-9-3-6-14(18-2,7-4-9)13-16-11(15)10-5-8-19-12(10)17-13/h5,8-9H,3-4,6-7H2,1-2H3. The summed E-state index contributed by atoms with van der Waals surface area (Å²) in [7, 11) is 1.76. The molecule has 0 unspecified atom stereocenters. The van der Waals surface area contributed by atoms with Gasteiger partial charge in [-0.25, -0.2) is 9.97 Å². The maximum absolute atomic E-state index is 6.27. The van der Waals surface area contributed by atoms with Crippen LogP contribution in [0.25, 0.3) is 10.2 Å². The van der Waals surface area contributed by atoms with Crippen molar-refractivity contribution in [3.63, 3.8) is 0 Å². The van der Waals surface area contributed by atoms with Crippen LogP contribution in [-0.2, 0) is 10.3 Å². The molecule has 1 fully saturated rings. The summed E-state index contributed by atoms with van der Waals surface area (Å²) < 4.78 is 5.81. The highest BCUT2D eigenvalue weighted by atomic mass is 35.5. The lowest BCUT2D eigenvalue weighted by Crippen LogP contribution is -2.35. The van der Waals surface area contributed by atoms with Gasteiger partial charge in [0.1, 0.15) is 15.6 Å². The van der Waals surface area contributed by atoms with Crippen LogP contribution in [0, 0.1) is 5.92 Å². The zero-order valence-corrected chi connectivity index (χ0v) is 12.7. The van der Waals surface area contributed by atoms with Gasteiger partial charge in [-0.2, -0.15) is 0 Å². The number of halogens is 1. The first-order chi connectivity index (χ1) is 9.14. The van der Waals surface area contributed by atoms with Crippen LogP contribution in [0.3, 0.4) is 0 Å². The molecule has 0 amide bonds. The van der Waals surface area contributed by atoms with Gasteiger partial charge in [0.05, 0.1) is 0 Å². The lowest BCUT2D eigenvalue weighted by Gasteiger charge is -2.36. The van der Waals surface area contributed by atoms with Crippen molar-refractivity contribution in [3.8, 4) is 0 Å². The Kier molecular flexibility index (Phi) is 3.50. The zero-order valence-electron chi connectivity index (χ0n) is 11.1. The second-order valence-electron chi connectivity index (χ2n) is 5.36. The molecule has 0 aromatic carbocycles. The lowest BCUT2D eigenvalue weighted by molar-refractivity contribution is -0.0594. The Hall–Kier alpha value is -0.710. The van der Waals surface area contributed by atoms with Gasteiger partial charge in [-0.1, -0.05) is 18.5 Å². The summed E-state index contributed by atoms with van der Waals surface area (Å²) in [5.74, 6) is 1.51. The van der Waals surface area contributed by atoms with Crippen molar-refractivity contribution in [2.75, 3.05) is 7.11 Å². The highest BCUT2D eigenvalue weighted by molar-refractivity contribution is 7.16. The van der Waals surface area contributed by atoms with Crippen LogP contribution in [0.4, 0.5) is 0 Å². The molecule has 0 spiro atoms. The molecule has 3 nitrogen and oxygen atoms in total. The Labute approximate surface area is 122 Å². The Morgan fingerprint density at radius 3 is 2.79 bits per heavy atom. The number of aromatic nitrogens is 2. The Balaban J connectivity index is 2.06. The number of thiophene rings is 1. The van der Waals surface area contributed by atoms with Crippen LogP contribution in [0.5, 0.6) is 0 Å². The van der Waals surface area contributed by atoms with E-state index in [-0.39, 0.29) is 5.60 Å². The topological polar surface area (TPSA) is 35.0 Å². The molecule has 0 saturated heterocycles. The molecule has 3 rings (SSSR count). The van der Waals surface area contributed by atoms with Crippen molar-refractivity contribution in [1.82, 2.24) is 9.97 Å². The van der Waals surface area contributed by atoms with Gasteiger partial charge in [0.15, 0.2) is 5.82 Å². The summed E-state index contributed by atoms with van der Waals surface area (Å²) in [4.78, 5) is 10.1. The highest BCUT2D eigenvalue weighted by Gasteiger charge is 2.39. The van der Waals surface area contributed by atoms with Gasteiger partial charge in [-0.15, -0.1) is 11.3 Å². The molecule has 0 atom stereocenters. The highest BCUT2D eigenvalue weighted by Crippen LogP contribution is 2.41. The van der Waals surface area contributed by atoms with Crippen molar-refractivity contribution in [1.29, 1.82) is 0 Å². The predicted octanol–water partition coefficient (Wildman–Crippen LogP) is 4.40. The molecule has 0 radical (unpaired) electrons. The zero-order chi connectivity index (χ0) is 13.5. The fourth-order valence-electron chi connectivity index (χ4n) is 2.77. The van der Waals surface area contributed by atoms with E-state index in [9.17, 15) is 0 Å². The fourth-order valence-corrected chi connectivity index (χ4v) is 3.82. The normalized spacial score (nSPS) is 27.8. The van der Waals surface area contributed by atoms with Crippen LogP contribution < -0.4 is 0 Å². The first-order valence-corrected chi connectivity index (χ1v) is 7.87. The second-order valence-corrected chi connectivity index (χ2v) is 6.61. The molecule has 5 heteroatoms. The van der Waals surface area contributed by atoms with E-state index in [4.69, 9.17) is 16.3 Å². The minimum absolute atomic E-state index is 0.353. The Morgan fingerprint density at radius 2 is 2.11 bits per heavy atom. The monoisotopic (exact) mass is 296 g/mol. The summed E-state index contributed by atoms with van der Waals surface area (Å²) in [6, 6.07) is 1.97. The van der Waals surface area contributed by atoms with E-state index in [2.05, 4.69) is 16.9 Å². The van der Waals surface area contributed by atoms with Crippen LogP contribution in [0.2, 0.25) is 5.15 Å². The predicted molar refractivity (Wildman–Crippen MR) is 78.7 cm³/mol. The third-order valence-electron chi connectivity index (χ3n) is 4.16. The Bertz CT molecular complexity index is 590. The SMILES string of the molecule is COC1(c2nc(Cl)c3ccsc3n2)CCC(C)CC1. The van der Waals surface area contributed by atoms with Crippen molar-refractivity contribution < 1.29 is 4.74 Å². The lowest BCUT2D eigenvalue weighted by atomic mass is 9.79. The molecule has 1 aliphatic carbocycles. The van der Waals surface area contributed by atoms with Gasteiger partial charge >= 0.3 is 0 Å². The molecule has 2 aromatic rings. The van der Waals surface area contributed by atoms with Gasteiger partial charge < -0.3 is 4.74 Å². The van der Waals surface area contributed by atoms with Crippen LogP contribution >= 0.6 is 22.9 Å². The van der Waals surface area contributed by atoms with Gasteiger partial charge in [-0.3, -0.25) is 0 Å². The number of nitrogens with zero attached hydrogens (tertiary/aromatic N) is 2. The third-order valence-corrected chi connectivity index (χ3v) is 5.25. The largest absolute Gasteiger partial charge is 0.370 e. The molecule has 1 aliphatic rings. The second kappa shape index (κ2) is 5.00. The molecule has 2 aromatic heterocycles. The van der Waals surface area contributed by atoms with E-state index in [1.165, 1.54) is 0 Å². The van der Waals surface area contributed by atoms with Gasteiger partial charge in [0.2, 0.25) is 0 Å². The minimum Gasteiger partial charge on any atom is -0.370 e. The van der Waals surface area contributed by atoms with E-state index < -0.39 is 0 Å². The smallest absolute Gasteiger partial charge is 0.163 e. The van der Waals surface area contributed by atoms with E-state index in [0.717, 1.165) is 47.6 Å². The van der Waals surface area contributed by atoms with Crippen molar-refractivity contribution >= 4 is 33.2 Å².